The van der Waals surface area contributed by atoms with Crippen LogP contribution in [-0.2, 0) is 20.8 Å². The van der Waals surface area contributed by atoms with Gasteiger partial charge in [-0.3, -0.25) is 14.4 Å². The number of rotatable bonds is 0. The van der Waals surface area contributed by atoms with Gasteiger partial charge in [-0.25, -0.2) is 4.39 Å². The fourth-order valence-electron chi connectivity index (χ4n) is 3.34. The van der Waals surface area contributed by atoms with Crippen LogP contribution in [0.25, 0.3) is 0 Å². The smallest absolute Gasteiger partial charge is 0.240 e. The summed E-state index contributed by atoms with van der Waals surface area (Å²) in [6.45, 7) is 4.93. The Kier molecular flexibility index (Phi) is 13.9. The number of fused-ring (bicyclic) bond motifs is 1. The van der Waals surface area contributed by atoms with E-state index in [2.05, 4.69) is 16.0 Å². The van der Waals surface area contributed by atoms with Crippen molar-refractivity contribution < 1.29 is 23.5 Å². The predicted molar refractivity (Wildman–Crippen MR) is 146 cm³/mol. The first-order valence-electron chi connectivity index (χ1n) is 13.2. The van der Waals surface area contributed by atoms with Crippen LogP contribution >= 0.6 is 0 Å². The van der Waals surface area contributed by atoms with Gasteiger partial charge in [0.1, 0.15) is 18.2 Å². The third-order valence-electron chi connectivity index (χ3n) is 5.67. The maximum Gasteiger partial charge on any atom is 0.240 e. The van der Waals surface area contributed by atoms with Crippen molar-refractivity contribution in [3.63, 3.8) is 0 Å². The summed E-state index contributed by atoms with van der Waals surface area (Å²) in [5, 5.41) is 8.42. The normalized spacial score (nSPS) is 18.9. The lowest BCUT2D eigenvalue weighted by atomic mass is 10.1. The van der Waals surface area contributed by atoms with E-state index in [1.807, 2.05) is 31.2 Å². The van der Waals surface area contributed by atoms with Crippen LogP contribution in [0.1, 0.15) is 43.7 Å². The van der Waals surface area contributed by atoms with E-state index >= 15 is 0 Å². The molecule has 8 nitrogen and oxygen atoms in total. The molecule has 0 aromatic heterocycles. The Morgan fingerprint density at radius 1 is 0.895 bits per heavy atom. The number of ether oxygens (including phenoxy) is 1. The Balaban J connectivity index is 0.000000377. The summed E-state index contributed by atoms with van der Waals surface area (Å²) >= 11 is 0. The van der Waals surface area contributed by atoms with Crippen molar-refractivity contribution in [3.8, 4) is 5.75 Å². The lowest BCUT2D eigenvalue weighted by molar-refractivity contribution is -0.136. The van der Waals surface area contributed by atoms with E-state index in [-0.39, 0.29) is 36.6 Å². The number of aryl methyl sites for hydroxylation is 2. The molecule has 2 aromatic carbocycles. The van der Waals surface area contributed by atoms with Crippen molar-refractivity contribution in [2.45, 2.75) is 52.0 Å². The van der Waals surface area contributed by atoms with E-state index in [1.165, 1.54) is 36.3 Å². The Bertz CT molecular complexity index is 990. The first kappa shape index (κ1) is 30.8. The average molecular weight is 529 g/mol. The molecule has 3 amide bonds. The lowest BCUT2D eigenvalue weighted by Gasteiger charge is -2.22. The number of halogens is 1. The van der Waals surface area contributed by atoms with Crippen molar-refractivity contribution >= 4 is 17.7 Å². The van der Waals surface area contributed by atoms with Crippen LogP contribution in [-0.4, -0.2) is 68.5 Å². The summed E-state index contributed by atoms with van der Waals surface area (Å²) in [4.78, 5) is 37.4. The lowest BCUT2D eigenvalue weighted by Crippen LogP contribution is -2.48. The second kappa shape index (κ2) is 17.1. The maximum atomic E-state index is 12.3. The number of para-hydroxylation sites is 1. The first-order chi connectivity index (χ1) is 18.3. The van der Waals surface area contributed by atoms with Crippen molar-refractivity contribution in [2.75, 3.05) is 39.8 Å². The zero-order valence-corrected chi connectivity index (χ0v) is 22.7. The summed E-state index contributed by atoms with van der Waals surface area (Å²) in [7, 11) is 1.56. The number of likely N-dealkylation sites (N-methyl/N-ethyl adjacent to an activating group) is 1. The van der Waals surface area contributed by atoms with Crippen LogP contribution in [0.15, 0.2) is 48.5 Å². The van der Waals surface area contributed by atoms with E-state index in [9.17, 15) is 18.8 Å². The molecule has 0 spiro atoms. The minimum atomic E-state index is -0.441. The molecule has 1 heterocycles. The molecule has 4 rings (SSSR count). The molecule has 0 bridgehead atoms. The Morgan fingerprint density at radius 2 is 1.58 bits per heavy atom. The van der Waals surface area contributed by atoms with Gasteiger partial charge < -0.3 is 25.6 Å². The van der Waals surface area contributed by atoms with Crippen LogP contribution < -0.4 is 20.7 Å². The number of hydrogen-bond donors (Lipinski definition) is 3. The Morgan fingerprint density at radius 3 is 2.24 bits per heavy atom. The summed E-state index contributed by atoms with van der Waals surface area (Å²) < 4.78 is 17.9. The molecule has 2 aliphatic rings. The molecule has 208 valence electrons. The largest absolute Gasteiger partial charge is 0.492 e. The molecule has 1 fully saturated rings. The van der Waals surface area contributed by atoms with Crippen LogP contribution in [0.3, 0.4) is 0 Å². The van der Waals surface area contributed by atoms with Gasteiger partial charge in [-0.15, -0.1) is 0 Å². The second-order valence-electron chi connectivity index (χ2n) is 9.41. The molecule has 3 N–H and O–H groups in total. The van der Waals surface area contributed by atoms with Crippen LogP contribution in [0.2, 0.25) is 0 Å². The first-order valence-corrected chi connectivity index (χ1v) is 13.2. The number of carbonyl (C=O) groups is 3. The Hall–Kier alpha value is -3.46. The molecular weight excluding hydrogens is 487 g/mol. The third kappa shape index (κ3) is 13.2. The van der Waals surface area contributed by atoms with E-state index in [0.29, 0.717) is 19.7 Å². The molecule has 1 aliphatic heterocycles. The third-order valence-corrected chi connectivity index (χ3v) is 5.67. The summed E-state index contributed by atoms with van der Waals surface area (Å²) in [5.74, 6) is -0.175. The van der Waals surface area contributed by atoms with Gasteiger partial charge in [-0.1, -0.05) is 55.2 Å². The highest BCUT2D eigenvalue weighted by atomic mass is 19.1. The molecule has 1 unspecified atom stereocenters. The number of amides is 3. The van der Waals surface area contributed by atoms with Gasteiger partial charge in [0.15, 0.2) is 0 Å². The van der Waals surface area contributed by atoms with Crippen molar-refractivity contribution in [1.29, 1.82) is 0 Å². The van der Waals surface area contributed by atoms with Crippen molar-refractivity contribution in [3.05, 3.63) is 65.5 Å². The summed E-state index contributed by atoms with van der Waals surface area (Å²) in [6.07, 6.45) is 6.04. The fraction of sp³-hybridized carbons (Fsp3) is 0.483. The molecule has 9 heteroatoms. The van der Waals surface area contributed by atoms with Crippen LogP contribution in [0.4, 0.5) is 4.39 Å². The standard InChI is InChI=1S/C19H28N4O4.C7H7F.C3H6/c1-14-19(26)23(2)13-18(25)22-12-17(24)21-9-5-7-15-6-3-4-8-16(15)27-11-10-20-14;1-6-2-4-7(8)5-3-6;1-2-3-1/h3-4,6,8,14,20H,5,7,9-13H2,1-2H3,(H,21,24)(H,22,25);2-5H,1H3;1-3H2. The highest BCUT2D eigenvalue weighted by Gasteiger charge is 2.19. The molecule has 1 atom stereocenters. The zero-order valence-electron chi connectivity index (χ0n) is 22.7. The number of carbonyl (C=O) groups excluding carboxylic acids is 3. The predicted octanol–water partition coefficient (Wildman–Crippen LogP) is 2.98. The van der Waals surface area contributed by atoms with Gasteiger partial charge in [-0.2, -0.15) is 0 Å². The monoisotopic (exact) mass is 528 g/mol. The zero-order chi connectivity index (χ0) is 27.8. The number of hydrogen-bond acceptors (Lipinski definition) is 5. The quantitative estimate of drug-likeness (QED) is 0.488. The van der Waals surface area contributed by atoms with Crippen LogP contribution in [0.5, 0.6) is 5.75 Å². The maximum absolute atomic E-state index is 12.3. The SMILES string of the molecule is C1CC1.CC1NCCOc2ccccc2CCCNC(=O)CNC(=O)CN(C)C1=O.Cc1ccc(F)cc1. The van der Waals surface area contributed by atoms with E-state index in [1.54, 1.807) is 26.1 Å². The van der Waals surface area contributed by atoms with Gasteiger partial charge in [0, 0.05) is 20.1 Å². The number of nitrogens with zero attached hydrogens (tertiary/aromatic N) is 1. The highest BCUT2D eigenvalue weighted by Crippen LogP contribution is 2.19. The van der Waals surface area contributed by atoms with E-state index < -0.39 is 6.04 Å². The minimum Gasteiger partial charge on any atom is -0.492 e. The van der Waals surface area contributed by atoms with Gasteiger partial charge in [0.05, 0.1) is 19.1 Å². The van der Waals surface area contributed by atoms with Gasteiger partial charge in [-0.05, 0) is 50.5 Å². The molecule has 1 aliphatic carbocycles. The summed E-state index contributed by atoms with van der Waals surface area (Å²) in [5.41, 5.74) is 2.16. The minimum absolute atomic E-state index is 0.0952. The van der Waals surface area contributed by atoms with E-state index in [0.717, 1.165) is 29.7 Å². The van der Waals surface area contributed by atoms with Gasteiger partial charge >= 0.3 is 0 Å². The van der Waals surface area contributed by atoms with Gasteiger partial charge in [0.2, 0.25) is 17.7 Å². The number of benzene rings is 2. The topological polar surface area (TPSA) is 99.8 Å². The van der Waals surface area contributed by atoms with Crippen molar-refractivity contribution in [2.24, 2.45) is 0 Å². The average Bonchev–Trinajstić information content (AvgIpc) is 3.79. The molecular formula is C29H41FN4O4. The summed E-state index contributed by atoms with van der Waals surface area (Å²) in [6, 6.07) is 13.8. The van der Waals surface area contributed by atoms with Crippen LogP contribution in [0, 0.1) is 12.7 Å². The second-order valence-corrected chi connectivity index (χ2v) is 9.41. The number of nitrogens with one attached hydrogen (secondary N) is 3. The molecule has 1 saturated carbocycles. The van der Waals surface area contributed by atoms with Gasteiger partial charge in [0.25, 0.3) is 0 Å². The highest BCUT2D eigenvalue weighted by molar-refractivity contribution is 5.89. The molecule has 0 radical (unpaired) electrons. The van der Waals surface area contributed by atoms with Crippen molar-refractivity contribution in [1.82, 2.24) is 20.9 Å². The fourth-order valence-corrected chi connectivity index (χ4v) is 3.34. The Labute approximate surface area is 225 Å². The van der Waals surface area contributed by atoms with E-state index in [4.69, 9.17) is 4.74 Å². The molecule has 38 heavy (non-hydrogen) atoms. The molecule has 2 aromatic rings. The molecule has 0 saturated heterocycles.